The Balaban J connectivity index is 2.21. The summed E-state index contributed by atoms with van der Waals surface area (Å²) in [6.07, 6.45) is 0. The van der Waals surface area contributed by atoms with Crippen LogP contribution in [0.2, 0.25) is 5.02 Å². The highest BCUT2D eigenvalue weighted by atomic mass is 35.5. The first-order chi connectivity index (χ1) is 9.20. The summed E-state index contributed by atoms with van der Waals surface area (Å²) in [6, 6.07) is 3.32. The predicted molar refractivity (Wildman–Crippen MR) is 68.9 cm³/mol. The SMILES string of the molecule is COc1c(-c2cc(N)no2)cc2c(c1Cl)OCCO2. The van der Waals surface area contributed by atoms with Crippen LogP contribution in [0.1, 0.15) is 0 Å². The molecule has 1 aliphatic heterocycles. The number of anilines is 1. The summed E-state index contributed by atoms with van der Waals surface area (Å²) in [4.78, 5) is 0. The van der Waals surface area contributed by atoms with Gasteiger partial charge in [-0.05, 0) is 6.07 Å². The zero-order valence-corrected chi connectivity index (χ0v) is 10.9. The van der Waals surface area contributed by atoms with Crippen LogP contribution in [0.5, 0.6) is 17.2 Å². The number of benzene rings is 1. The number of nitrogens with zero attached hydrogens (tertiary/aromatic N) is 1. The van der Waals surface area contributed by atoms with E-state index in [1.165, 1.54) is 7.11 Å². The summed E-state index contributed by atoms with van der Waals surface area (Å²) in [5, 5.41) is 3.98. The van der Waals surface area contributed by atoms with Crippen molar-refractivity contribution >= 4 is 17.4 Å². The maximum Gasteiger partial charge on any atom is 0.183 e. The van der Waals surface area contributed by atoms with Crippen molar-refractivity contribution in [2.75, 3.05) is 26.1 Å². The Hall–Kier alpha value is -2.08. The van der Waals surface area contributed by atoms with Crippen LogP contribution in [-0.2, 0) is 0 Å². The quantitative estimate of drug-likeness (QED) is 0.911. The van der Waals surface area contributed by atoms with E-state index in [1.54, 1.807) is 12.1 Å². The van der Waals surface area contributed by atoms with Gasteiger partial charge < -0.3 is 24.5 Å². The van der Waals surface area contributed by atoms with E-state index in [9.17, 15) is 0 Å². The molecule has 1 aliphatic rings. The first-order valence-electron chi connectivity index (χ1n) is 5.59. The van der Waals surface area contributed by atoms with Gasteiger partial charge in [-0.1, -0.05) is 16.8 Å². The fourth-order valence-electron chi connectivity index (χ4n) is 1.93. The smallest absolute Gasteiger partial charge is 0.183 e. The van der Waals surface area contributed by atoms with Crippen molar-refractivity contribution < 1.29 is 18.7 Å². The Kier molecular flexibility index (Phi) is 2.87. The number of halogens is 1. The first kappa shape index (κ1) is 12.0. The molecule has 0 fully saturated rings. The number of nitrogens with two attached hydrogens (primary N) is 1. The lowest BCUT2D eigenvalue weighted by atomic mass is 10.1. The minimum atomic E-state index is 0.281. The first-order valence-corrected chi connectivity index (χ1v) is 5.97. The molecule has 2 N–H and O–H groups in total. The van der Waals surface area contributed by atoms with Gasteiger partial charge in [-0.2, -0.15) is 0 Å². The van der Waals surface area contributed by atoms with Gasteiger partial charge in [0.1, 0.15) is 18.2 Å². The van der Waals surface area contributed by atoms with E-state index in [4.69, 9.17) is 36.1 Å². The molecule has 19 heavy (non-hydrogen) atoms. The second kappa shape index (κ2) is 4.55. The average Bonchev–Trinajstić information content (AvgIpc) is 2.85. The number of hydrogen-bond acceptors (Lipinski definition) is 6. The molecule has 0 amide bonds. The number of rotatable bonds is 2. The zero-order valence-electron chi connectivity index (χ0n) is 10.1. The van der Waals surface area contributed by atoms with Crippen LogP contribution < -0.4 is 19.9 Å². The standard InChI is InChI=1S/C12H11ClN2O4/c1-16-11-6(7-5-9(14)15-19-7)4-8-12(10(11)13)18-3-2-17-8/h4-5H,2-3H2,1H3,(H2,14,15). The van der Waals surface area contributed by atoms with Crippen molar-refractivity contribution in [2.45, 2.75) is 0 Å². The van der Waals surface area contributed by atoms with Crippen LogP contribution in [-0.4, -0.2) is 25.5 Å². The van der Waals surface area contributed by atoms with Crippen LogP contribution in [0.3, 0.4) is 0 Å². The number of nitrogen functional groups attached to an aromatic ring is 1. The highest BCUT2D eigenvalue weighted by Gasteiger charge is 2.25. The van der Waals surface area contributed by atoms with Crippen molar-refractivity contribution in [1.82, 2.24) is 5.16 Å². The minimum Gasteiger partial charge on any atom is -0.494 e. The van der Waals surface area contributed by atoms with E-state index >= 15 is 0 Å². The number of hydrogen-bond donors (Lipinski definition) is 1. The summed E-state index contributed by atoms with van der Waals surface area (Å²) in [6.45, 7) is 0.915. The van der Waals surface area contributed by atoms with E-state index in [-0.39, 0.29) is 5.82 Å². The Morgan fingerprint density at radius 1 is 1.32 bits per heavy atom. The molecule has 6 nitrogen and oxygen atoms in total. The van der Waals surface area contributed by atoms with E-state index in [2.05, 4.69) is 5.16 Å². The molecule has 2 heterocycles. The maximum atomic E-state index is 6.27. The Bertz CT molecular complexity index is 626. The summed E-state index contributed by atoms with van der Waals surface area (Å²) >= 11 is 6.27. The third-order valence-corrected chi connectivity index (χ3v) is 3.07. The lowest BCUT2D eigenvalue weighted by Crippen LogP contribution is -2.16. The monoisotopic (exact) mass is 282 g/mol. The summed E-state index contributed by atoms with van der Waals surface area (Å²) in [5.41, 5.74) is 6.16. The van der Waals surface area contributed by atoms with Crippen molar-refractivity contribution in [1.29, 1.82) is 0 Å². The Labute approximate surface area is 114 Å². The van der Waals surface area contributed by atoms with Crippen LogP contribution in [0.4, 0.5) is 5.82 Å². The summed E-state index contributed by atoms with van der Waals surface area (Å²) in [7, 11) is 1.51. The molecule has 0 radical (unpaired) electrons. The van der Waals surface area contributed by atoms with E-state index in [0.717, 1.165) is 0 Å². The molecule has 0 atom stereocenters. The van der Waals surface area contributed by atoms with Crippen molar-refractivity contribution in [3.63, 3.8) is 0 Å². The second-order valence-corrected chi connectivity index (χ2v) is 4.29. The molecule has 0 saturated carbocycles. The van der Waals surface area contributed by atoms with Gasteiger partial charge in [0, 0.05) is 6.07 Å². The molecule has 7 heteroatoms. The van der Waals surface area contributed by atoms with Crippen LogP contribution in [0.15, 0.2) is 16.7 Å². The van der Waals surface area contributed by atoms with Gasteiger partial charge in [-0.15, -0.1) is 0 Å². The number of ether oxygens (including phenoxy) is 3. The molecule has 1 aromatic carbocycles. The number of fused-ring (bicyclic) bond motifs is 1. The molecule has 0 bridgehead atoms. The topological polar surface area (TPSA) is 79.7 Å². The van der Waals surface area contributed by atoms with Crippen molar-refractivity contribution in [3.05, 3.63) is 17.2 Å². The van der Waals surface area contributed by atoms with Gasteiger partial charge >= 0.3 is 0 Å². The zero-order chi connectivity index (χ0) is 13.4. The maximum absolute atomic E-state index is 6.27. The van der Waals surface area contributed by atoms with Crippen LogP contribution in [0.25, 0.3) is 11.3 Å². The number of aromatic nitrogens is 1. The lowest BCUT2D eigenvalue weighted by molar-refractivity contribution is 0.171. The molecule has 100 valence electrons. The fourth-order valence-corrected chi connectivity index (χ4v) is 2.25. The molecule has 0 spiro atoms. The molecule has 0 unspecified atom stereocenters. The van der Waals surface area contributed by atoms with Gasteiger partial charge in [0.25, 0.3) is 0 Å². The predicted octanol–water partition coefficient (Wildman–Crippen LogP) is 2.36. The molecular weight excluding hydrogens is 272 g/mol. The van der Waals surface area contributed by atoms with E-state index in [1.807, 2.05) is 0 Å². The van der Waals surface area contributed by atoms with E-state index < -0.39 is 0 Å². The molecule has 2 aromatic rings. The second-order valence-electron chi connectivity index (χ2n) is 3.91. The molecule has 1 aromatic heterocycles. The molecular formula is C12H11ClN2O4. The van der Waals surface area contributed by atoms with Gasteiger partial charge in [-0.25, -0.2) is 0 Å². The summed E-state index contributed by atoms with van der Waals surface area (Å²) in [5.74, 6) is 2.18. The number of methoxy groups -OCH3 is 1. The van der Waals surface area contributed by atoms with Gasteiger partial charge in [0.15, 0.2) is 28.8 Å². The minimum absolute atomic E-state index is 0.281. The van der Waals surface area contributed by atoms with Gasteiger partial charge in [0.2, 0.25) is 0 Å². The van der Waals surface area contributed by atoms with Gasteiger partial charge in [0.05, 0.1) is 12.7 Å². The van der Waals surface area contributed by atoms with Crippen molar-refractivity contribution in [3.8, 4) is 28.6 Å². The van der Waals surface area contributed by atoms with E-state index in [0.29, 0.717) is 46.8 Å². The average molecular weight is 283 g/mol. The third-order valence-electron chi connectivity index (χ3n) is 2.73. The van der Waals surface area contributed by atoms with Crippen molar-refractivity contribution in [2.24, 2.45) is 0 Å². The summed E-state index contributed by atoms with van der Waals surface area (Å²) < 4.78 is 21.4. The normalized spacial score (nSPS) is 13.4. The largest absolute Gasteiger partial charge is 0.494 e. The van der Waals surface area contributed by atoms with Crippen LogP contribution >= 0.6 is 11.6 Å². The highest BCUT2D eigenvalue weighted by molar-refractivity contribution is 6.34. The Morgan fingerprint density at radius 3 is 2.79 bits per heavy atom. The fraction of sp³-hybridized carbons (Fsp3) is 0.250. The van der Waals surface area contributed by atoms with Crippen LogP contribution in [0, 0.1) is 0 Å². The molecule has 0 aliphatic carbocycles. The Morgan fingerprint density at radius 2 is 2.11 bits per heavy atom. The highest BCUT2D eigenvalue weighted by Crippen LogP contribution is 2.48. The molecule has 0 saturated heterocycles. The molecule has 3 rings (SSSR count). The van der Waals surface area contributed by atoms with Gasteiger partial charge in [-0.3, -0.25) is 0 Å². The lowest BCUT2D eigenvalue weighted by Gasteiger charge is -2.21. The third kappa shape index (κ3) is 1.94.